The summed E-state index contributed by atoms with van der Waals surface area (Å²) in [5.74, 6) is 0.0510. The lowest BCUT2D eigenvalue weighted by Crippen LogP contribution is -2.43. The molecule has 4 rings (SSSR count). The summed E-state index contributed by atoms with van der Waals surface area (Å²) in [7, 11) is 7.62. The first-order valence-electron chi connectivity index (χ1n) is 12.7. The molecule has 0 atom stereocenters. The van der Waals surface area contributed by atoms with Crippen molar-refractivity contribution in [3.05, 3.63) is 17.0 Å². The number of rotatable bonds is 11. The van der Waals surface area contributed by atoms with E-state index in [1.165, 1.54) is 5.56 Å². The number of methoxy groups -OCH3 is 2. The second-order valence-corrected chi connectivity index (χ2v) is 10.7. The first kappa shape index (κ1) is 25.5. The summed E-state index contributed by atoms with van der Waals surface area (Å²) in [6.07, 6.45) is 4.88. The molecule has 0 spiro atoms. The number of likely N-dealkylation sites (N-methyl/N-ethyl adjacent to an activating group) is 2. The number of ether oxygens (including phenoxy) is 2. The fraction of sp³-hybridized carbons (Fsp3) is 0.840. The monoisotopic (exact) mass is 479 g/mol. The molecule has 0 unspecified atom stereocenters. The molecule has 8 nitrogen and oxygen atoms in total. The Balaban J connectivity index is 1.58. The minimum absolute atomic E-state index is 0.0611. The van der Waals surface area contributed by atoms with Gasteiger partial charge in [-0.2, -0.15) is 5.10 Å². The highest BCUT2D eigenvalue weighted by Gasteiger charge is 2.53. The summed E-state index contributed by atoms with van der Waals surface area (Å²) < 4.78 is 27.8. The molecule has 3 aliphatic rings. The average molecular weight is 480 g/mol. The van der Waals surface area contributed by atoms with Gasteiger partial charge in [-0.05, 0) is 58.5 Å². The van der Waals surface area contributed by atoms with Crippen molar-refractivity contribution >= 4 is 5.91 Å². The number of carbonyl (C=O) groups excluding carboxylic acids is 1. The number of amides is 1. The molecule has 0 saturated heterocycles. The second-order valence-electron chi connectivity index (χ2n) is 10.7. The predicted molar refractivity (Wildman–Crippen MR) is 128 cm³/mol. The lowest BCUT2D eigenvalue weighted by Gasteiger charge is -2.40. The van der Waals surface area contributed by atoms with E-state index >= 15 is 0 Å². The Morgan fingerprint density at radius 3 is 2.44 bits per heavy atom. The van der Waals surface area contributed by atoms with Gasteiger partial charge in [0.15, 0.2) is 5.67 Å². The maximum absolute atomic E-state index is 14.6. The van der Waals surface area contributed by atoms with Crippen molar-refractivity contribution in [2.75, 3.05) is 61.2 Å². The molecule has 34 heavy (non-hydrogen) atoms. The zero-order valence-corrected chi connectivity index (χ0v) is 21.4. The van der Waals surface area contributed by atoms with Gasteiger partial charge in [-0.3, -0.25) is 14.4 Å². The zero-order valence-electron chi connectivity index (χ0n) is 21.4. The van der Waals surface area contributed by atoms with Gasteiger partial charge in [-0.25, -0.2) is 4.39 Å². The molecule has 1 N–H and O–H groups in total. The molecule has 2 aliphatic carbocycles. The van der Waals surface area contributed by atoms with E-state index in [1.807, 2.05) is 7.05 Å². The van der Waals surface area contributed by atoms with Gasteiger partial charge in [-0.15, -0.1) is 0 Å². The fourth-order valence-corrected chi connectivity index (χ4v) is 5.86. The maximum atomic E-state index is 14.6. The molecule has 2 fully saturated rings. The summed E-state index contributed by atoms with van der Waals surface area (Å²) in [6.45, 7) is 5.67. The predicted octanol–water partition coefficient (Wildman–Crippen LogP) is 2.32. The summed E-state index contributed by atoms with van der Waals surface area (Å²) in [6, 6.07) is 0. The first-order chi connectivity index (χ1) is 16.3. The molecular weight excluding hydrogens is 437 g/mol. The molecule has 9 heteroatoms. The van der Waals surface area contributed by atoms with Crippen LogP contribution < -0.4 is 5.32 Å². The fourth-order valence-electron chi connectivity index (χ4n) is 5.86. The highest BCUT2D eigenvalue weighted by atomic mass is 19.1. The van der Waals surface area contributed by atoms with Crippen LogP contribution in [-0.4, -0.2) is 92.3 Å². The number of nitrogens with zero attached hydrogens (tertiary/aromatic N) is 4. The third-order valence-corrected chi connectivity index (χ3v) is 7.98. The maximum Gasteiger partial charge on any atom is 0.260 e. The summed E-state index contributed by atoms with van der Waals surface area (Å²) in [5.41, 5.74) is 1.95. The van der Waals surface area contributed by atoms with E-state index in [4.69, 9.17) is 14.6 Å². The molecule has 0 radical (unpaired) electrons. The van der Waals surface area contributed by atoms with Gasteiger partial charge in [0.2, 0.25) is 0 Å². The van der Waals surface area contributed by atoms with Gasteiger partial charge in [0.05, 0.1) is 37.7 Å². The smallest absolute Gasteiger partial charge is 0.260 e. The van der Waals surface area contributed by atoms with E-state index in [0.717, 1.165) is 56.7 Å². The number of alkyl halides is 1. The van der Waals surface area contributed by atoms with Crippen molar-refractivity contribution in [1.29, 1.82) is 0 Å². The Hall–Kier alpha value is -1.55. The Morgan fingerprint density at radius 2 is 1.85 bits per heavy atom. The van der Waals surface area contributed by atoms with Crippen LogP contribution in [0, 0.1) is 5.41 Å². The summed E-state index contributed by atoms with van der Waals surface area (Å²) >= 11 is 0. The molecule has 0 aromatic carbocycles. The van der Waals surface area contributed by atoms with Crippen LogP contribution in [0.4, 0.5) is 4.39 Å². The zero-order chi connectivity index (χ0) is 24.3. The van der Waals surface area contributed by atoms with Crippen molar-refractivity contribution in [3.8, 4) is 0 Å². The van der Waals surface area contributed by atoms with Gasteiger partial charge in [0.1, 0.15) is 0 Å². The minimum atomic E-state index is -1.62. The molecule has 2 saturated carbocycles. The van der Waals surface area contributed by atoms with Crippen molar-refractivity contribution in [2.24, 2.45) is 5.41 Å². The number of fused-ring (bicyclic) bond motifs is 1. The van der Waals surface area contributed by atoms with Crippen LogP contribution >= 0.6 is 0 Å². The van der Waals surface area contributed by atoms with E-state index < -0.39 is 5.67 Å². The molecule has 192 valence electrons. The Bertz CT molecular complexity index is 840. The SMILES string of the molecule is CNCCN(C)Cc1nn2c(c1C1CCC(COC)(COC)CC1)CN(C(=O)C1(F)CC1)CC2. The molecule has 1 aromatic heterocycles. The van der Waals surface area contributed by atoms with Crippen LogP contribution in [0.2, 0.25) is 0 Å². The lowest BCUT2D eigenvalue weighted by molar-refractivity contribution is -0.139. The molecule has 0 bridgehead atoms. The average Bonchev–Trinajstić information content (AvgIpc) is 3.48. The molecule has 1 amide bonds. The Kier molecular flexibility index (Phi) is 7.96. The molecule has 2 heterocycles. The Morgan fingerprint density at radius 1 is 1.18 bits per heavy atom. The Labute approximate surface area is 203 Å². The topological polar surface area (TPSA) is 71.9 Å². The van der Waals surface area contributed by atoms with E-state index in [2.05, 4.69) is 21.9 Å². The number of nitrogens with one attached hydrogen (secondary N) is 1. The van der Waals surface area contributed by atoms with Crippen molar-refractivity contribution < 1.29 is 18.7 Å². The normalized spacial score (nSPS) is 21.6. The third-order valence-electron chi connectivity index (χ3n) is 7.98. The quantitative estimate of drug-likeness (QED) is 0.525. The van der Waals surface area contributed by atoms with Gasteiger partial charge in [-0.1, -0.05) is 0 Å². The standard InChI is InChI=1S/C25H42FN5O3/c1-27-11-12-29(2)15-20-22(19-5-7-24(8-6-19,17-33-3)18-34-4)21-16-30(13-14-31(21)28-20)23(32)25(26)9-10-25/h19,27H,5-18H2,1-4H3. The van der Waals surface area contributed by atoms with Crippen LogP contribution in [0.3, 0.4) is 0 Å². The van der Waals surface area contributed by atoms with Crippen molar-refractivity contribution in [3.63, 3.8) is 0 Å². The first-order valence-corrected chi connectivity index (χ1v) is 12.7. The highest BCUT2D eigenvalue weighted by molar-refractivity contribution is 5.88. The lowest BCUT2D eigenvalue weighted by atomic mass is 9.69. The van der Waals surface area contributed by atoms with E-state index in [0.29, 0.717) is 51.6 Å². The van der Waals surface area contributed by atoms with Crippen molar-refractivity contribution in [1.82, 2.24) is 24.9 Å². The molecule has 1 aliphatic heterocycles. The van der Waals surface area contributed by atoms with E-state index in [-0.39, 0.29) is 11.3 Å². The van der Waals surface area contributed by atoms with Crippen LogP contribution in [0.1, 0.15) is 61.4 Å². The number of hydrogen-bond acceptors (Lipinski definition) is 6. The number of aromatic nitrogens is 2. The molecular formula is C25H42FN5O3. The second kappa shape index (κ2) is 10.6. The molecule has 1 aromatic rings. The van der Waals surface area contributed by atoms with Crippen LogP contribution in [-0.2, 0) is 33.9 Å². The van der Waals surface area contributed by atoms with Gasteiger partial charge < -0.3 is 19.7 Å². The van der Waals surface area contributed by atoms with Gasteiger partial charge in [0.25, 0.3) is 5.91 Å². The van der Waals surface area contributed by atoms with E-state index in [1.54, 1.807) is 19.1 Å². The third kappa shape index (κ3) is 5.32. The number of carbonyl (C=O) groups is 1. The van der Waals surface area contributed by atoms with E-state index in [9.17, 15) is 9.18 Å². The summed E-state index contributed by atoms with van der Waals surface area (Å²) in [5, 5.41) is 8.24. The van der Waals surface area contributed by atoms with Gasteiger partial charge in [0, 0.05) is 51.4 Å². The van der Waals surface area contributed by atoms with Crippen LogP contribution in [0.5, 0.6) is 0 Å². The van der Waals surface area contributed by atoms with Crippen LogP contribution in [0.25, 0.3) is 0 Å². The van der Waals surface area contributed by atoms with Crippen molar-refractivity contribution in [2.45, 2.75) is 69.7 Å². The highest BCUT2D eigenvalue weighted by Crippen LogP contribution is 2.46. The summed E-state index contributed by atoms with van der Waals surface area (Å²) in [4.78, 5) is 16.8. The largest absolute Gasteiger partial charge is 0.384 e. The number of hydrogen-bond donors (Lipinski definition) is 1. The van der Waals surface area contributed by atoms with Crippen LogP contribution in [0.15, 0.2) is 0 Å². The number of halogens is 1. The minimum Gasteiger partial charge on any atom is -0.384 e. The van der Waals surface area contributed by atoms with Gasteiger partial charge >= 0.3 is 0 Å².